The summed E-state index contributed by atoms with van der Waals surface area (Å²) in [6, 6.07) is 6.21. The highest BCUT2D eigenvalue weighted by Crippen LogP contribution is 2.13. The van der Waals surface area contributed by atoms with E-state index in [-0.39, 0.29) is 11.9 Å². The van der Waals surface area contributed by atoms with E-state index in [4.69, 9.17) is 0 Å². The number of rotatable bonds is 4. The van der Waals surface area contributed by atoms with Gasteiger partial charge >= 0.3 is 0 Å². The number of carbonyl (C=O) groups is 1. The molecule has 3 nitrogen and oxygen atoms in total. The van der Waals surface area contributed by atoms with Crippen LogP contribution in [0.15, 0.2) is 23.2 Å². The van der Waals surface area contributed by atoms with Crippen LogP contribution in [0.4, 0.5) is 0 Å². The number of hydrogen-bond acceptors (Lipinski definition) is 2. The average Bonchev–Trinajstić information content (AvgIpc) is 2.65. The highest BCUT2D eigenvalue weighted by atomic mass is 16.2. The molecule has 0 aliphatic carbocycles. The molecule has 96 valence electrons. The van der Waals surface area contributed by atoms with Crippen molar-refractivity contribution in [1.82, 2.24) is 5.32 Å². The Kier molecular flexibility index (Phi) is 3.80. The first kappa shape index (κ1) is 12.8. The van der Waals surface area contributed by atoms with Crippen LogP contribution in [-0.2, 0) is 11.2 Å². The molecular formula is C15H20N2O. The summed E-state index contributed by atoms with van der Waals surface area (Å²) in [5, 5.41) is 2.88. The van der Waals surface area contributed by atoms with Gasteiger partial charge in [-0.3, -0.25) is 9.79 Å². The van der Waals surface area contributed by atoms with Crippen molar-refractivity contribution in [3.63, 3.8) is 0 Å². The van der Waals surface area contributed by atoms with Crippen LogP contribution < -0.4 is 5.32 Å². The molecule has 0 saturated heterocycles. The Morgan fingerprint density at radius 2 is 2.06 bits per heavy atom. The zero-order chi connectivity index (χ0) is 13.1. The molecule has 3 heteroatoms. The van der Waals surface area contributed by atoms with Crippen molar-refractivity contribution in [3.8, 4) is 0 Å². The lowest BCUT2D eigenvalue weighted by molar-refractivity contribution is -0.120. The van der Waals surface area contributed by atoms with Gasteiger partial charge in [0.05, 0.1) is 0 Å². The van der Waals surface area contributed by atoms with Gasteiger partial charge in [-0.15, -0.1) is 0 Å². The monoisotopic (exact) mass is 244 g/mol. The molecule has 0 radical (unpaired) electrons. The molecule has 0 fully saturated rings. The minimum Gasteiger partial charge on any atom is -0.312 e. The predicted octanol–water partition coefficient (Wildman–Crippen LogP) is 2.54. The maximum atomic E-state index is 11.7. The fraction of sp³-hybridized carbons (Fsp3) is 0.467. The standard InChI is InChI=1S/C15H20N2O/c1-4-5-13-15(18)17-14(16-13)9-12-7-6-10(2)11(3)8-12/h6-8,13H,4-5,9H2,1-3H3,(H,16,17,18). The first-order valence-corrected chi connectivity index (χ1v) is 6.54. The van der Waals surface area contributed by atoms with Crippen molar-refractivity contribution in [2.24, 2.45) is 4.99 Å². The van der Waals surface area contributed by atoms with Crippen LogP contribution in [0, 0.1) is 13.8 Å². The first-order chi connectivity index (χ1) is 8.60. The van der Waals surface area contributed by atoms with Gasteiger partial charge in [-0.1, -0.05) is 31.5 Å². The highest BCUT2D eigenvalue weighted by molar-refractivity contribution is 6.06. The summed E-state index contributed by atoms with van der Waals surface area (Å²) < 4.78 is 0. The lowest BCUT2D eigenvalue weighted by atomic mass is 10.0. The Morgan fingerprint density at radius 1 is 1.28 bits per heavy atom. The van der Waals surface area contributed by atoms with Gasteiger partial charge in [-0.25, -0.2) is 0 Å². The van der Waals surface area contributed by atoms with Crippen LogP contribution in [-0.4, -0.2) is 17.8 Å². The zero-order valence-corrected chi connectivity index (χ0v) is 11.3. The smallest absolute Gasteiger partial charge is 0.250 e. The van der Waals surface area contributed by atoms with Crippen molar-refractivity contribution in [1.29, 1.82) is 0 Å². The molecule has 1 aromatic rings. The lowest BCUT2D eigenvalue weighted by Crippen LogP contribution is -2.29. The first-order valence-electron chi connectivity index (χ1n) is 6.54. The Labute approximate surface area is 108 Å². The maximum Gasteiger partial charge on any atom is 0.250 e. The van der Waals surface area contributed by atoms with Gasteiger partial charge in [0.2, 0.25) is 5.91 Å². The molecule has 0 spiro atoms. The summed E-state index contributed by atoms with van der Waals surface area (Å²) >= 11 is 0. The summed E-state index contributed by atoms with van der Waals surface area (Å²) in [7, 11) is 0. The molecule has 2 rings (SSSR count). The van der Waals surface area contributed by atoms with Crippen LogP contribution in [0.2, 0.25) is 0 Å². The maximum absolute atomic E-state index is 11.7. The molecule has 0 saturated carbocycles. The lowest BCUT2D eigenvalue weighted by Gasteiger charge is -2.05. The van der Waals surface area contributed by atoms with E-state index in [0.29, 0.717) is 6.42 Å². The van der Waals surface area contributed by atoms with Crippen LogP contribution in [0.5, 0.6) is 0 Å². The molecule has 1 unspecified atom stereocenters. The minimum atomic E-state index is -0.170. The summed E-state index contributed by atoms with van der Waals surface area (Å²) in [4.78, 5) is 16.1. The largest absolute Gasteiger partial charge is 0.312 e. The van der Waals surface area contributed by atoms with Gasteiger partial charge in [-0.05, 0) is 37.0 Å². The molecule has 1 heterocycles. The number of nitrogens with zero attached hydrogens (tertiary/aromatic N) is 1. The van der Waals surface area contributed by atoms with E-state index < -0.39 is 0 Å². The van der Waals surface area contributed by atoms with Crippen molar-refractivity contribution in [2.45, 2.75) is 46.1 Å². The normalized spacial score (nSPS) is 18.7. The third kappa shape index (κ3) is 2.78. The molecule has 1 aliphatic heterocycles. The van der Waals surface area contributed by atoms with Gasteiger partial charge in [0, 0.05) is 6.42 Å². The van der Waals surface area contributed by atoms with Crippen LogP contribution in [0.3, 0.4) is 0 Å². The summed E-state index contributed by atoms with van der Waals surface area (Å²) in [5.41, 5.74) is 3.77. The van der Waals surface area contributed by atoms with Gasteiger partial charge in [0.15, 0.2) is 0 Å². The van der Waals surface area contributed by atoms with E-state index in [0.717, 1.165) is 18.7 Å². The van der Waals surface area contributed by atoms with E-state index in [9.17, 15) is 4.79 Å². The van der Waals surface area contributed by atoms with Crippen LogP contribution in [0.25, 0.3) is 0 Å². The van der Waals surface area contributed by atoms with Crippen molar-refractivity contribution >= 4 is 11.7 Å². The number of aliphatic imine (C=N–C) groups is 1. The Morgan fingerprint density at radius 3 is 2.72 bits per heavy atom. The number of amides is 1. The second-order valence-corrected chi connectivity index (χ2v) is 4.96. The molecule has 0 bridgehead atoms. The Balaban J connectivity index is 2.08. The molecule has 0 aromatic heterocycles. The van der Waals surface area contributed by atoms with Gasteiger partial charge in [0.1, 0.15) is 11.9 Å². The van der Waals surface area contributed by atoms with Crippen molar-refractivity contribution in [2.75, 3.05) is 0 Å². The van der Waals surface area contributed by atoms with E-state index >= 15 is 0 Å². The fourth-order valence-corrected chi connectivity index (χ4v) is 2.17. The third-order valence-corrected chi connectivity index (χ3v) is 3.39. The number of aryl methyl sites for hydroxylation is 2. The predicted molar refractivity (Wildman–Crippen MR) is 73.9 cm³/mol. The summed E-state index contributed by atoms with van der Waals surface area (Å²) in [6.07, 6.45) is 2.54. The molecular weight excluding hydrogens is 224 g/mol. The van der Waals surface area contributed by atoms with Gasteiger partial charge in [-0.2, -0.15) is 0 Å². The topological polar surface area (TPSA) is 41.5 Å². The molecule has 18 heavy (non-hydrogen) atoms. The molecule has 1 amide bonds. The number of nitrogens with one attached hydrogen (secondary N) is 1. The van der Waals surface area contributed by atoms with Crippen LogP contribution in [0.1, 0.15) is 36.5 Å². The van der Waals surface area contributed by atoms with E-state index in [1.807, 2.05) is 0 Å². The molecule has 1 N–H and O–H groups in total. The molecule has 1 aliphatic rings. The van der Waals surface area contributed by atoms with Crippen molar-refractivity contribution in [3.05, 3.63) is 34.9 Å². The van der Waals surface area contributed by atoms with E-state index in [2.05, 4.69) is 49.3 Å². The number of carbonyl (C=O) groups excluding carboxylic acids is 1. The van der Waals surface area contributed by atoms with Gasteiger partial charge in [0.25, 0.3) is 0 Å². The Bertz CT molecular complexity index is 491. The van der Waals surface area contributed by atoms with Crippen molar-refractivity contribution < 1.29 is 4.79 Å². The highest BCUT2D eigenvalue weighted by Gasteiger charge is 2.24. The number of amidine groups is 1. The second-order valence-electron chi connectivity index (χ2n) is 4.96. The zero-order valence-electron chi connectivity index (χ0n) is 11.3. The van der Waals surface area contributed by atoms with Crippen LogP contribution >= 0.6 is 0 Å². The summed E-state index contributed by atoms with van der Waals surface area (Å²) in [5.74, 6) is 0.859. The average molecular weight is 244 g/mol. The number of benzene rings is 1. The molecule has 1 atom stereocenters. The van der Waals surface area contributed by atoms with Gasteiger partial charge < -0.3 is 5.32 Å². The second kappa shape index (κ2) is 5.34. The van der Waals surface area contributed by atoms with E-state index in [1.165, 1.54) is 16.7 Å². The minimum absolute atomic E-state index is 0.0516. The summed E-state index contributed by atoms with van der Waals surface area (Å²) in [6.45, 7) is 6.28. The van der Waals surface area contributed by atoms with E-state index in [1.54, 1.807) is 0 Å². The number of hydrogen-bond donors (Lipinski definition) is 1. The fourth-order valence-electron chi connectivity index (χ4n) is 2.17. The quantitative estimate of drug-likeness (QED) is 0.869. The molecule has 1 aromatic carbocycles. The third-order valence-electron chi connectivity index (χ3n) is 3.39. The Hall–Kier alpha value is -1.64. The SMILES string of the molecule is CCCC1N=C(Cc2ccc(C)c(C)c2)NC1=O.